The zero-order valence-corrected chi connectivity index (χ0v) is 10.4. The topological polar surface area (TPSA) is 47.3 Å². The van der Waals surface area contributed by atoms with E-state index in [2.05, 4.69) is 24.4 Å². The quantitative estimate of drug-likeness (QED) is 0.772. The summed E-state index contributed by atoms with van der Waals surface area (Å²) in [6.45, 7) is 2.83. The van der Waals surface area contributed by atoms with Gasteiger partial charge in [0.15, 0.2) is 0 Å². The summed E-state index contributed by atoms with van der Waals surface area (Å²) >= 11 is 0. The molecule has 0 aliphatic carbocycles. The normalized spacial score (nSPS) is 12.5. The Morgan fingerprint density at radius 1 is 1.44 bits per heavy atom. The average molecular weight is 222 g/mol. The molecule has 90 valence electrons. The van der Waals surface area contributed by atoms with Crippen LogP contribution in [0.4, 0.5) is 0 Å². The first kappa shape index (κ1) is 13.0. The number of hydrogen-bond donors (Lipinski definition) is 2. The van der Waals surface area contributed by atoms with Crippen LogP contribution in [0.25, 0.3) is 0 Å². The van der Waals surface area contributed by atoms with Gasteiger partial charge in [-0.15, -0.1) is 0 Å². The second kappa shape index (κ2) is 6.51. The van der Waals surface area contributed by atoms with Crippen molar-refractivity contribution in [3.63, 3.8) is 0 Å². The number of ether oxygens (including phenoxy) is 1. The molecular weight excluding hydrogens is 200 g/mol. The Bertz CT molecular complexity index is 326. The fraction of sp³-hybridized carbons (Fsp3) is 0.538. The molecule has 3 heteroatoms. The van der Waals surface area contributed by atoms with E-state index in [0.29, 0.717) is 6.54 Å². The minimum absolute atomic E-state index is 0.270. The molecule has 1 aromatic rings. The van der Waals surface area contributed by atoms with Crippen molar-refractivity contribution in [3.05, 3.63) is 29.3 Å². The predicted molar refractivity (Wildman–Crippen MR) is 67.8 cm³/mol. The summed E-state index contributed by atoms with van der Waals surface area (Å²) in [6, 6.07) is 6.62. The molecule has 0 saturated carbocycles. The molecule has 0 heterocycles. The van der Waals surface area contributed by atoms with Crippen LogP contribution in [-0.4, -0.2) is 20.7 Å². The SMILES string of the molecule is CCc1ccc(OC)c(C(CCN)NC)c1. The van der Waals surface area contributed by atoms with Crippen molar-refractivity contribution in [2.75, 3.05) is 20.7 Å². The molecule has 1 rings (SSSR count). The Balaban J connectivity index is 3.05. The summed E-state index contributed by atoms with van der Waals surface area (Å²) < 4.78 is 5.39. The molecule has 1 aromatic carbocycles. The summed E-state index contributed by atoms with van der Waals surface area (Å²) in [5, 5.41) is 3.29. The van der Waals surface area contributed by atoms with Gasteiger partial charge >= 0.3 is 0 Å². The maximum absolute atomic E-state index is 5.62. The second-order valence-electron chi connectivity index (χ2n) is 3.85. The number of aryl methyl sites for hydroxylation is 1. The van der Waals surface area contributed by atoms with E-state index in [9.17, 15) is 0 Å². The Hall–Kier alpha value is -1.06. The zero-order chi connectivity index (χ0) is 12.0. The number of rotatable bonds is 6. The van der Waals surface area contributed by atoms with Crippen molar-refractivity contribution in [1.82, 2.24) is 5.32 Å². The van der Waals surface area contributed by atoms with E-state index in [0.717, 1.165) is 18.6 Å². The van der Waals surface area contributed by atoms with Gasteiger partial charge in [0.25, 0.3) is 0 Å². The van der Waals surface area contributed by atoms with Crippen LogP contribution in [0.2, 0.25) is 0 Å². The van der Waals surface area contributed by atoms with E-state index in [1.807, 2.05) is 13.1 Å². The standard InChI is InChI=1S/C13H22N2O/c1-4-10-5-6-13(16-3)11(9-10)12(15-2)7-8-14/h5-6,9,12,15H,4,7-8,14H2,1-3H3. The highest BCUT2D eigenvalue weighted by molar-refractivity contribution is 5.39. The van der Waals surface area contributed by atoms with Gasteiger partial charge in [0.2, 0.25) is 0 Å². The first-order chi connectivity index (χ1) is 7.76. The molecule has 0 saturated heterocycles. The molecule has 16 heavy (non-hydrogen) atoms. The monoisotopic (exact) mass is 222 g/mol. The van der Waals surface area contributed by atoms with Crippen molar-refractivity contribution in [2.45, 2.75) is 25.8 Å². The zero-order valence-electron chi connectivity index (χ0n) is 10.4. The molecule has 0 aliphatic rings. The summed E-state index contributed by atoms with van der Waals surface area (Å²) in [7, 11) is 3.66. The lowest BCUT2D eigenvalue weighted by Crippen LogP contribution is -2.20. The van der Waals surface area contributed by atoms with Crippen LogP contribution in [0, 0.1) is 0 Å². The van der Waals surface area contributed by atoms with E-state index in [-0.39, 0.29) is 6.04 Å². The van der Waals surface area contributed by atoms with Crippen molar-refractivity contribution in [3.8, 4) is 5.75 Å². The van der Waals surface area contributed by atoms with E-state index < -0.39 is 0 Å². The van der Waals surface area contributed by atoms with Gasteiger partial charge in [0.05, 0.1) is 7.11 Å². The molecule has 3 N–H and O–H groups in total. The second-order valence-corrected chi connectivity index (χ2v) is 3.85. The Kier molecular flexibility index (Phi) is 5.29. The van der Waals surface area contributed by atoms with Crippen LogP contribution in [0.5, 0.6) is 5.75 Å². The van der Waals surface area contributed by atoms with Crippen molar-refractivity contribution in [2.24, 2.45) is 5.73 Å². The minimum Gasteiger partial charge on any atom is -0.496 e. The van der Waals surface area contributed by atoms with Crippen LogP contribution in [0.15, 0.2) is 18.2 Å². The first-order valence-corrected chi connectivity index (χ1v) is 5.80. The Morgan fingerprint density at radius 2 is 2.19 bits per heavy atom. The fourth-order valence-electron chi connectivity index (χ4n) is 1.90. The van der Waals surface area contributed by atoms with Crippen LogP contribution in [0.1, 0.15) is 30.5 Å². The molecule has 0 spiro atoms. The maximum atomic E-state index is 5.62. The van der Waals surface area contributed by atoms with E-state index in [1.165, 1.54) is 11.1 Å². The lowest BCUT2D eigenvalue weighted by atomic mass is 9.99. The summed E-state index contributed by atoms with van der Waals surface area (Å²) in [4.78, 5) is 0. The molecule has 3 nitrogen and oxygen atoms in total. The van der Waals surface area contributed by atoms with E-state index in [1.54, 1.807) is 7.11 Å². The highest BCUT2D eigenvalue weighted by Gasteiger charge is 2.13. The lowest BCUT2D eigenvalue weighted by molar-refractivity contribution is 0.399. The highest BCUT2D eigenvalue weighted by Crippen LogP contribution is 2.28. The van der Waals surface area contributed by atoms with Gasteiger partial charge in [-0.1, -0.05) is 19.1 Å². The molecule has 0 bridgehead atoms. The molecule has 0 fully saturated rings. The largest absolute Gasteiger partial charge is 0.496 e. The van der Waals surface area contributed by atoms with Crippen molar-refractivity contribution < 1.29 is 4.74 Å². The number of nitrogens with two attached hydrogens (primary N) is 1. The van der Waals surface area contributed by atoms with E-state index in [4.69, 9.17) is 10.5 Å². The maximum Gasteiger partial charge on any atom is 0.123 e. The minimum atomic E-state index is 0.270. The third-order valence-corrected chi connectivity index (χ3v) is 2.88. The third-order valence-electron chi connectivity index (χ3n) is 2.88. The van der Waals surface area contributed by atoms with E-state index >= 15 is 0 Å². The van der Waals surface area contributed by atoms with Crippen molar-refractivity contribution in [1.29, 1.82) is 0 Å². The summed E-state index contributed by atoms with van der Waals surface area (Å²) in [5.74, 6) is 0.935. The van der Waals surface area contributed by atoms with Crippen LogP contribution >= 0.6 is 0 Å². The molecule has 1 unspecified atom stereocenters. The van der Waals surface area contributed by atoms with Gasteiger partial charge in [-0.2, -0.15) is 0 Å². The van der Waals surface area contributed by atoms with Crippen molar-refractivity contribution >= 4 is 0 Å². The van der Waals surface area contributed by atoms with Crippen LogP contribution in [-0.2, 0) is 6.42 Å². The highest BCUT2D eigenvalue weighted by atomic mass is 16.5. The van der Waals surface area contributed by atoms with Gasteiger partial charge in [-0.25, -0.2) is 0 Å². The average Bonchev–Trinajstić information content (AvgIpc) is 2.35. The van der Waals surface area contributed by atoms with Gasteiger partial charge in [-0.3, -0.25) is 0 Å². The lowest BCUT2D eigenvalue weighted by Gasteiger charge is -2.19. The van der Waals surface area contributed by atoms with Crippen LogP contribution in [0.3, 0.4) is 0 Å². The molecule has 1 atom stereocenters. The van der Waals surface area contributed by atoms with Gasteiger partial charge in [0.1, 0.15) is 5.75 Å². The summed E-state index contributed by atoms with van der Waals surface area (Å²) in [6.07, 6.45) is 1.95. The number of methoxy groups -OCH3 is 1. The number of nitrogens with one attached hydrogen (secondary N) is 1. The molecule has 0 aromatic heterocycles. The molecular formula is C13H22N2O. The molecule has 0 radical (unpaired) electrons. The summed E-state index contributed by atoms with van der Waals surface area (Å²) in [5.41, 5.74) is 8.15. The predicted octanol–water partition coefficient (Wildman–Crippen LogP) is 1.87. The van der Waals surface area contributed by atoms with Crippen LogP contribution < -0.4 is 15.8 Å². The smallest absolute Gasteiger partial charge is 0.123 e. The molecule has 0 aliphatic heterocycles. The fourth-order valence-corrected chi connectivity index (χ4v) is 1.90. The van der Waals surface area contributed by atoms with Gasteiger partial charge < -0.3 is 15.8 Å². The Labute approximate surface area is 98.0 Å². The third kappa shape index (κ3) is 2.97. The number of hydrogen-bond acceptors (Lipinski definition) is 3. The number of benzene rings is 1. The Morgan fingerprint density at radius 3 is 2.69 bits per heavy atom. The van der Waals surface area contributed by atoms with Gasteiger partial charge in [-0.05, 0) is 38.1 Å². The van der Waals surface area contributed by atoms with Gasteiger partial charge in [0, 0.05) is 11.6 Å². The first-order valence-electron chi connectivity index (χ1n) is 5.80. The molecule has 0 amide bonds.